The monoisotopic (exact) mass is 356 g/mol. The van der Waals surface area contributed by atoms with Crippen molar-refractivity contribution in [1.29, 1.82) is 0 Å². The fourth-order valence-corrected chi connectivity index (χ4v) is 3.81. The van der Waals surface area contributed by atoms with Crippen molar-refractivity contribution in [2.75, 3.05) is 11.4 Å². The van der Waals surface area contributed by atoms with E-state index < -0.39 is 17.6 Å². The number of nitrogens with zero attached hydrogens (tertiary/aromatic N) is 1. The molecule has 1 N–H and O–H groups in total. The number of benzene rings is 2. The molecule has 0 bridgehead atoms. The predicted molar refractivity (Wildman–Crippen MR) is 92.5 cm³/mol. The second-order valence-corrected chi connectivity index (χ2v) is 6.80. The van der Waals surface area contributed by atoms with E-state index in [4.69, 9.17) is 0 Å². The first-order valence-corrected chi connectivity index (χ1v) is 8.66. The average Bonchev–Trinajstić information content (AvgIpc) is 3.19. The number of hydrogen-bond acceptors (Lipinski definition) is 2. The van der Waals surface area contributed by atoms with Crippen LogP contribution in [0, 0.1) is 17.6 Å². The molecule has 0 aromatic heterocycles. The third kappa shape index (κ3) is 2.96. The Morgan fingerprint density at radius 2 is 1.96 bits per heavy atom. The Morgan fingerprint density at radius 3 is 2.77 bits per heavy atom. The molecule has 2 unspecified atom stereocenters. The molecule has 1 heterocycles. The van der Waals surface area contributed by atoms with Crippen LogP contribution in [0.1, 0.15) is 30.0 Å². The number of anilines is 1. The summed E-state index contributed by atoms with van der Waals surface area (Å²) in [7, 11) is 0. The normalized spacial score (nSPS) is 21.8. The van der Waals surface area contributed by atoms with Crippen LogP contribution >= 0.6 is 0 Å². The van der Waals surface area contributed by atoms with Crippen LogP contribution in [0.3, 0.4) is 0 Å². The van der Waals surface area contributed by atoms with E-state index >= 15 is 0 Å². The van der Waals surface area contributed by atoms with Crippen molar-refractivity contribution in [3.8, 4) is 0 Å². The van der Waals surface area contributed by atoms with Gasteiger partial charge in [0, 0.05) is 19.0 Å². The van der Waals surface area contributed by atoms with Gasteiger partial charge in [-0.1, -0.05) is 24.3 Å². The summed E-state index contributed by atoms with van der Waals surface area (Å²) >= 11 is 0. The standard InChI is InChI=1S/C20H18F2N2O2/c21-14-6-8-18(16(22)10-14)24-11-13(9-19(24)25)20(26)23-17-7-5-12-3-1-2-4-15(12)17/h1-4,6,8,10,13,17H,5,7,9,11H2,(H,23,26). The molecule has 6 heteroatoms. The number of nitrogens with one attached hydrogen (secondary N) is 1. The third-order valence-corrected chi connectivity index (χ3v) is 5.15. The van der Waals surface area contributed by atoms with Gasteiger partial charge in [-0.2, -0.15) is 0 Å². The number of carbonyl (C=O) groups excluding carboxylic acids is 2. The minimum Gasteiger partial charge on any atom is -0.349 e. The lowest BCUT2D eigenvalue weighted by Crippen LogP contribution is -2.35. The first-order valence-electron chi connectivity index (χ1n) is 8.66. The lowest BCUT2D eigenvalue weighted by Gasteiger charge is -2.19. The average molecular weight is 356 g/mol. The molecule has 2 atom stereocenters. The molecule has 1 fully saturated rings. The van der Waals surface area contributed by atoms with Crippen molar-refractivity contribution in [2.45, 2.75) is 25.3 Å². The molecule has 1 saturated heterocycles. The molecule has 1 aliphatic heterocycles. The second kappa shape index (κ2) is 6.52. The number of aryl methyl sites for hydroxylation is 1. The van der Waals surface area contributed by atoms with Crippen LogP contribution in [0.5, 0.6) is 0 Å². The van der Waals surface area contributed by atoms with E-state index in [9.17, 15) is 18.4 Å². The maximum Gasteiger partial charge on any atom is 0.227 e. The van der Waals surface area contributed by atoms with Gasteiger partial charge in [0.05, 0.1) is 17.6 Å². The van der Waals surface area contributed by atoms with Gasteiger partial charge >= 0.3 is 0 Å². The van der Waals surface area contributed by atoms with Crippen molar-refractivity contribution in [2.24, 2.45) is 5.92 Å². The molecule has 4 rings (SSSR count). The number of rotatable bonds is 3. The molecule has 134 valence electrons. The highest BCUT2D eigenvalue weighted by molar-refractivity contribution is 6.00. The topological polar surface area (TPSA) is 49.4 Å². The quantitative estimate of drug-likeness (QED) is 0.919. The van der Waals surface area contributed by atoms with Crippen LogP contribution in [0.25, 0.3) is 0 Å². The van der Waals surface area contributed by atoms with Crippen molar-refractivity contribution in [1.82, 2.24) is 5.32 Å². The molecule has 2 aliphatic rings. The van der Waals surface area contributed by atoms with Crippen molar-refractivity contribution >= 4 is 17.5 Å². The van der Waals surface area contributed by atoms with Crippen LogP contribution in [-0.2, 0) is 16.0 Å². The minimum absolute atomic E-state index is 0.0120. The molecular weight excluding hydrogens is 338 g/mol. The van der Waals surface area contributed by atoms with E-state index in [2.05, 4.69) is 11.4 Å². The molecule has 0 spiro atoms. The maximum atomic E-state index is 14.0. The number of carbonyl (C=O) groups is 2. The van der Waals surface area contributed by atoms with E-state index in [1.807, 2.05) is 18.2 Å². The molecule has 2 amide bonds. The molecule has 0 radical (unpaired) electrons. The molecular formula is C20H18F2N2O2. The van der Waals surface area contributed by atoms with Crippen LogP contribution in [0.4, 0.5) is 14.5 Å². The number of hydrogen-bond donors (Lipinski definition) is 1. The van der Waals surface area contributed by atoms with Crippen LogP contribution in [-0.4, -0.2) is 18.4 Å². The second-order valence-electron chi connectivity index (χ2n) is 6.80. The Hall–Kier alpha value is -2.76. The zero-order valence-electron chi connectivity index (χ0n) is 14.0. The lowest BCUT2D eigenvalue weighted by molar-refractivity contribution is -0.127. The number of fused-ring (bicyclic) bond motifs is 1. The molecule has 0 saturated carbocycles. The first kappa shape index (κ1) is 16.7. The summed E-state index contributed by atoms with van der Waals surface area (Å²) in [5.74, 6) is -2.58. The largest absolute Gasteiger partial charge is 0.349 e. The molecule has 2 aromatic rings. The van der Waals surface area contributed by atoms with Crippen LogP contribution in [0.2, 0.25) is 0 Å². The Labute approximate surface area is 149 Å². The zero-order valence-corrected chi connectivity index (χ0v) is 14.0. The highest BCUT2D eigenvalue weighted by Crippen LogP contribution is 2.32. The molecule has 1 aliphatic carbocycles. The van der Waals surface area contributed by atoms with Crippen molar-refractivity contribution < 1.29 is 18.4 Å². The smallest absolute Gasteiger partial charge is 0.227 e. The first-order chi connectivity index (χ1) is 12.5. The predicted octanol–water partition coefficient (Wildman–Crippen LogP) is 3.12. The van der Waals surface area contributed by atoms with Gasteiger partial charge in [-0.05, 0) is 36.1 Å². The summed E-state index contributed by atoms with van der Waals surface area (Å²) in [6.45, 7) is 0.0988. The van der Waals surface area contributed by atoms with Crippen LogP contribution < -0.4 is 10.2 Å². The fourth-order valence-electron chi connectivity index (χ4n) is 3.81. The highest BCUT2D eigenvalue weighted by atomic mass is 19.1. The fraction of sp³-hybridized carbons (Fsp3) is 0.300. The van der Waals surface area contributed by atoms with Gasteiger partial charge in [0.15, 0.2) is 0 Å². The summed E-state index contributed by atoms with van der Waals surface area (Å²) < 4.78 is 27.0. The van der Waals surface area contributed by atoms with E-state index in [1.165, 1.54) is 16.5 Å². The van der Waals surface area contributed by atoms with Gasteiger partial charge in [0.2, 0.25) is 11.8 Å². The van der Waals surface area contributed by atoms with Gasteiger partial charge in [0.1, 0.15) is 11.6 Å². The van der Waals surface area contributed by atoms with Crippen molar-refractivity contribution in [3.05, 3.63) is 65.2 Å². The van der Waals surface area contributed by atoms with Gasteiger partial charge in [0.25, 0.3) is 0 Å². The van der Waals surface area contributed by atoms with E-state index in [0.717, 1.165) is 30.5 Å². The van der Waals surface area contributed by atoms with Gasteiger partial charge in [-0.25, -0.2) is 8.78 Å². The summed E-state index contributed by atoms with van der Waals surface area (Å²) in [5, 5.41) is 3.02. The summed E-state index contributed by atoms with van der Waals surface area (Å²) in [6.07, 6.45) is 1.77. The minimum atomic E-state index is -0.802. The van der Waals surface area contributed by atoms with Gasteiger partial charge in [-0.15, -0.1) is 0 Å². The van der Waals surface area contributed by atoms with Gasteiger partial charge in [-0.3, -0.25) is 9.59 Å². The zero-order chi connectivity index (χ0) is 18.3. The Balaban J connectivity index is 1.46. The lowest BCUT2D eigenvalue weighted by atomic mass is 10.1. The number of amides is 2. The van der Waals surface area contributed by atoms with Gasteiger partial charge < -0.3 is 10.2 Å². The maximum absolute atomic E-state index is 14.0. The summed E-state index contributed by atoms with van der Waals surface area (Å²) in [6, 6.07) is 11.0. The van der Waals surface area contributed by atoms with Crippen LogP contribution in [0.15, 0.2) is 42.5 Å². The van der Waals surface area contributed by atoms with E-state index in [0.29, 0.717) is 0 Å². The highest BCUT2D eigenvalue weighted by Gasteiger charge is 2.37. The Bertz CT molecular complexity index is 884. The van der Waals surface area contributed by atoms with Crippen molar-refractivity contribution in [3.63, 3.8) is 0 Å². The van der Waals surface area contributed by atoms with E-state index in [-0.39, 0.29) is 36.5 Å². The van der Waals surface area contributed by atoms with E-state index in [1.54, 1.807) is 0 Å². The summed E-state index contributed by atoms with van der Waals surface area (Å²) in [5.41, 5.74) is 2.36. The SMILES string of the molecule is O=C(NC1CCc2ccccc21)C1CC(=O)N(c2ccc(F)cc2F)C1. The Kier molecular flexibility index (Phi) is 4.18. The molecule has 4 nitrogen and oxygen atoms in total. The third-order valence-electron chi connectivity index (χ3n) is 5.15. The summed E-state index contributed by atoms with van der Waals surface area (Å²) in [4.78, 5) is 26.1. The Morgan fingerprint density at radius 1 is 1.15 bits per heavy atom. The molecule has 2 aromatic carbocycles. The molecule has 26 heavy (non-hydrogen) atoms. The number of halogens is 2.